The fourth-order valence-electron chi connectivity index (χ4n) is 6.50. The van der Waals surface area contributed by atoms with Gasteiger partial charge in [0.2, 0.25) is 0 Å². The van der Waals surface area contributed by atoms with E-state index in [1.165, 1.54) is 42.9 Å². The molecule has 0 spiro atoms. The average Bonchev–Trinajstić information content (AvgIpc) is 3.43. The van der Waals surface area contributed by atoms with E-state index in [0.717, 1.165) is 23.7 Å². The third kappa shape index (κ3) is 5.56. The van der Waals surface area contributed by atoms with Gasteiger partial charge in [-0.05, 0) is 72.8 Å². The standard InChI is InChI=1S/C30H36Si.2ClH.Zr/c1-20(2)24-17-14-21(3)18-29(24)22-15-16-23(19-22)31(4,5)30-27-12-8-6-10-25(27)26-11-7-9-13-28(26)30;;;/h6-13,15-16,19-21,24,29H,14,17-18H2,1-5H3;2*1H;/q;;;+4/p-2/t21-,24+,29+;;;/m1.../s1. The van der Waals surface area contributed by atoms with Crippen molar-refractivity contribution in [2.75, 3.05) is 0 Å². The van der Waals surface area contributed by atoms with Crippen molar-refractivity contribution in [1.82, 2.24) is 0 Å². The Kier molecular flexibility index (Phi) is 9.77. The first-order valence-corrected chi connectivity index (χ1v) is 21.9. The summed E-state index contributed by atoms with van der Waals surface area (Å²) in [5.41, 5.74) is 3.22. The minimum absolute atomic E-state index is 0.732. The molecule has 3 saturated carbocycles. The summed E-state index contributed by atoms with van der Waals surface area (Å²) in [6.07, 6.45) is 29.8. The number of hydrogen-bond donors (Lipinski definition) is 0. The summed E-state index contributed by atoms with van der Waals surface area (Å²) < 4.78 is 0. The third-order valence-electron chi connectivity index (χ3n) is 8.26. The number of allylic oxidation sites excluding steroid dienone is 8. The number of fused-ring (bicyclic) bond motifs is 3. The van der Waals surface area contributed by atoms with Crippen LogP contribution >= 0.6 is 17.0 Å². The van der Waals surface area contributed by atoms with Crippen LogP contribution < -0.4 is 0 Å². The van der Waals surface area contributed by atoms with Crippen LogP contribution in [0, 0.1) is 83.6 Å². The van der Waals surface area contributed by atoms with E-state index in [-0.39, 0.29) is 0 Å². The molecule has 5 aliphatic rings. The van der Waals surface area contributed by atoms with Gasteiger partial charge in [0, 0.05) is 23.7 Å². The van der Waals surface area contributed by atoms with Crippen LogP contribution in [0.1, 0.15) is 40.0 Å². The zero-order valence-electron chi connectivity index (χ0n) is 21.0. The second-order valence-corrected chi connectivity index (χ2v) is 19.1. The molecule has 0 aromatic rings. The molecule has 0 N–H and O–H groups in total. The van der Waals surface area contributed by atoms with Crippen LogP contribution in [0.25, 0.3) is 0 Å². The van der Waals surface area contributed by atoms with Crippen molar-refractivity contribution in [1.29, 1.82) is 0 Å². The van der Waals surface area contributed by atoms with Crippen LogP contribution in [0.2, 0.25) is 13.1 Å². The predicted molar refractivity (Wildman–Crippen MR) is 146 cm³/mol. The topological polar surface area (TPSA) is 0 Å². The molecule has 10 radical (unpaired) electrons. The van der Waals surface area contributed by atoms with E-state index in [9.17, 15) is 0 Å². The van der Waals surface area contributed by atoms with Crippen LogP contribution in [0.4, 0.5) is 0 Å². The average molecular weight is 587 g/mol. The van der Waals surface area contributed by atoms with Crippen molar-refractivity contribution in [3.8, 4) is 0 Å². The molecule has 0 unspecified atom stereocenters. The van der Waals surface area contributed by atoms with Gasteiger partial charge in [0.05, 0.1) is 8.07 Å². The molecule has 34 heavy (non-hydrogen) atoms. The monoisotopic (exact) mass is 584 g/mol. The zero-order valence-corrected chi connectivity index (χ0v) is 26.0. The Hall–Kier alpha value is 0.640. The van der Waals surface area contributed by atoms with Crippen molar-refractivity contribution in [2.45, 2.75) is 53.1 Å². The predicted octanol–water partition coefficient (Wildman–Crippen LogP) is 8.77. The number of halogens is 2. The summed E-state index contributed by atoms with van der Waals surface area (Å²) in [5.74, 6) is 10.6. The maximum atomic E-state index is 4.93. The van der Waals surface area contributed by atoms with E-state index in [0.29, 0.717) is 0 Å². The Bertz CT molecular complexity index is 766. The van der Waals surface area contributed by atoms with Crippen LogP contribution in [0.3, 0.4) is 0 Å². The summed E-state index contributed by atoms with van der Waals surface area (Å²) >= 11 is -0.826. The molecule has 4 heteroatoms. The van der Waals surface area contributed by atoms with Gasteiger partial charge in [-0.2, -0.15) is 0 Å². The summed E-state index contributed by atoms with van der Waals surface area (Å²) in [5, 5.41) is 0. The Balaban J connectivity index is 0.000000868. The van der Waals surface area contributed by atoms with E-state index >= 15 is 0 Å². The van der Waals surface area contributed by atoms with Gasteiger partial charge >= 0.3 is 37.9 Å². The Morgan fingerprint density at radius 2 is 1.38 bits per heavy atom. The second kappa shape index (κ2) is 12.0. The summed E-state index contributed by atoms with van der Waals surface area (Å²) in [4.78, 5) is 0. The molecular weight excluding hydrogens is 551 g/mol. The second-order valence-electron chi connectivity index (χ2n) is 11.0. The molecule has 0 heterocycles. The van der Waals surface area contributed by atoms with E-state index in [1.807, 2.05) is 0 Å². The summed E-state index contributed by atoms with van der Waals surface area (Å²) in [6.45, 7) is 12.4. The normalized spacial score (nSPS) is 31.6. The molecule has 0 bridgehead atoms. The first-order chi connectivity index (χ1) is 16.3. The van der Waals surface area contributed by atoms with Gasteiger partial charge in [-0.1, -0.05) is 88.9 Å². The summed E-state index contributed by atoms with van der Waals surface area (Å²) in [7, 11) is 8.03. The molecule has 0 nitrogen and oxygen atoms in total. The van der Waals surface area contributed by atoms with Gasteiger partial charge in [0.15, 0.2) is 0 Å². The Morgan fingerprint density at radius 3 is 1.91 bits per heavy atom. The van der Waals surface area contributed by atoms with E-state index < -0.39 is 28.9 Å². The van der Waals surface area contributed by atoms with Crippen LogP contribution in [-0.4, -0.2) is 8.07 Å². The quantitative estimate of drug-likeness (QED) is 0.289. The van der Waals surface area contributed by atoms with E-state index in [4.69, 9.17) is 17.0 Å². The molecule has 3 atom stereocenters. The van der Waals surface area contributed by atoms with Crippen molar-refractivity contribution >= 4 is 25.1 Å². The van der Waals surface area contributed by atoms with Crippen molar-refractivity contribution in [3.05, 3.63) is 109 Å². The molecule has 0 saturated heterocycles. The molecule has 5 aliphatic carbocycles. The van der Waals surface area contributed by atoms with Crippen LogP contribution in [0.15, 0.2) is 48.6 Å². The minimum atomic E-state index is -1.84. The van der Waals surface area contributed by atoms with Crippen LogP contribution in [-0.2, 0) is 20.8 Å². The van der Waals surface area contributed by atoms with Gasteiger partial charge < -0.3 is 0 Å². The third-order valence-corrected chi connectivity index (χ3v) is 11.8. The van der Waals surface area contributed by atoms with Gasteiger partial charge in [0.25, 0.3) is 0 Å². The molecule has 0 aromatic heterocycles. The summed E-state index contributed by atoms with van der Waals surface area (Å²) in [6, 6.07) is 0. The molecule has 176 valence electrons. The van der Waals surface area contributed by atoms with Crippen molar-refractivity contribution < 1.29 is 20.8 Å². The SMILES string of the molecule is CC(C)[C@@H]1CC[C@@H](C)C[C@H]1[C]1[CH][CH][C]([Si](C)(C)[C]2[C]3C=CC=C[C]3[C]3C=CC=C[C]32)[CH]1.[Cl][Zr+2][Cl]. The van der Waals surface area contributed by atoms with E-state index in [2.05, 4.69) is 102 Å². The molecule has 0 aromatic carbocycles. The van der Waals surface area contributed by atoms with Gasteiger partial charge in [-0.25, -0.2) is 0 Å². The van der Waals surface area contributed by atoms with Crippen molar-refractivity contribution in [2.24, 2.45) is 23.7 Å². The van der Waals surface area contributed by atoms with E-state index in [1.54, 1.807) is 17.0 Å². The first kappa shape index (κ1) is 27.7. The number of rotatable bonds is 4. The fourth-order valence-corrected chi connectivity index (χ4v) is 9.60. The molecule has 0 amide bonds. The van der Waals surface area contributed by atoms with Gasteiger partial charge in [0.1, 0.15) is 0 Å². The molecule has 3 fully saturated rings. The molecule has 5 rings (SSSR count). The van der Waals surface area contributed by atoms with Gasteiger partial charge in [-0.15, -0.1) is 0 Å². The zero-order chi connectivity index (χ0) is 24.5. The molecular formula is C30H36Cl2SiZr+2. The molecule has 0 aliphatic heterocycles. The Labute approximate surface area is 229 Å². The fraction of sp³-hybridized carbons (Fsp3) is 0.400. The van der Waals surface area contributed by atoms with Gasteiger partial charge in [-0.3, -0.25) is 0 Å². The van der Waals surface area contributed by atoms with Crippen molar-refractivity contribution in [3.63, 3.8) is 0 Å². The first-order valence-electron chi connectivity index (χ1n) is 12.6. The number of hydrogen-bond acceptors (Lipinski definition) is 0. The van der Waals surface area contributed by atoms with Crippen LogP contribution in [0.5, 0.6) is 0 Å². The maximum absolute atomic E-state index is 4.93. The Morgan fingerprint density at radius 1 is 0.853 bits per heavy atom.